The SMILES string of the molecule is Cc1cccc(C)c1N1C(=O)CC(c2cccc(Cl)c2)C2=C1CC(C)(C)CC2=O. The highest BCUT2D eigenvalue weighted by Gasteiger charge is 2.44. The van der Waals surface area contributed by atoms with E-state index in [1.165, 1.54) is 0 Å². The Kier molecular flexibility index (Phi) is 4.90. The second-order valence-electron chi connectivity index (χ2n) is 9.08. The molecule has 1 heterocycles. The topological polar surface area (TPSA) is 37.4 Å². The van der Waals surface area contributed by atoms with Crippen LogP contribution in [0, 0.1) is 19.3 Å². The fourth-order valence-corrected chi connectivity index (χ4v) is 5.04. The molecule has 2 aromatic carbocycles. The number of hydrogen-bond donors (Lipinski definition) is 0. The molecular weight excluding hydrogens is 382 g/mol. The molecule has 0 bridgehead atoms. The van der Waals surface area contributed by atoms with Gasteiger partial charge >= 0.3 is 0 Å². The second-order valence-corrected chi connectivity index (χ2v) is 9.52. The standard InChI is InChI=1S/C25H26ClNO2/c1-15-7-5-8-16(2)24(15)27-20-13-25(3,4)14-21(28)23(20)19(12-22(27)29)17-9-6-10-18(26)11-17/h5-11,19H,12-14H2,1-4H3. The molecule has 4 heteroatoms. The monoisotopic (exact) mass is 407 g/mol. The van der Waals surface area contributed by atoms with Crippen LogP contribution in [0.5, 0.6) is 0 Å². The summed E-state index contributed by atoms with van der Waals surface area (Å²) < 4.78 is 0. The molecule has 29 heavy (non-hydrogen) atoms. The maximum atomic E-state index is 13.5. The third-order valence-electron chi connectivity index (χ3n) is 6.06. The minimum atomic E-state index is -0.236. The van der Waals surface area contributed by atoms with E-state index in [0.717, 1.165) is 33.6 Å². The highest BCUT2D eigenvalue weighted by Crippen LogP contribution is 2.49. The first-order valence-corrected chi connectivity index (χ1v) is 10.5. The molecule has 0 spiro atoms. The molecule has 2 aliphatic rings. The highest BCUT2D eigenvalue weighted by atomic mass is 35.5. The molecule has 1 unspecified atom stereocenters. The molecule has 0 aromatic heterocycles. The summed E-state index contributed by atoms with van der Waals surface area (Å²) in [5.74, 6) is -0.0537. The number of carbonyl (C=O) groups is 2. The normalized spacial score (nSPS) is 21.4. The van der Waals surface area contributed by atoms with Crippen LogP contribution in [0.1, 0.15) is 55.7 Å². The summed E-state index contributed by atoms with van der Waals surface area (Å²) in [5, 5.41) is 0.623. The van der Waals surface area contributed by atoms with Crippen LogP contribution in [0.4, 0.5) is 5.69 Å². The molecular formula is C25H26ClNO2. The molecule has 1 atom stereocenters. The van der Waals surface area contributed by atoms with Gasteiger partial charge in [-0.15, -0.1) is 0 Å². The maximum Gasteiger partial charge on any atom is 0.232 e. The van der Waals surface area contributed by atoms with Gasteiger partial charge in [0, 0.05) is 35.1 Å². The van der Waals surface area contributed by atoms with Crippen LogP contribution in [0.3, 0.4) is 0 Å². The van der Waals surface area contributed by atoms with Crippen molar-refractivity contribution in [2.24, 2.45) is 5.41 Å². The fraction of sp³-hybridized carbons (Fsp3) is 0.360. The van der Waals surface area contributed by atoms with Crippen molar-refractivity contribution in [3.8, 4) is 0 Å². The smallest absolute Gasteiger partial charge is 0.232 e. The highest BCUT2D eigenvalue weighted by molar-refractivity contribution is 6.30. The number of ketones is 1. The lowest BCUT2D eigenvalue weighted by Gasteiger charge is -2.43. The van der Waals surface area contributed by atoms with Gasteiger partial charge in [0.15, 0.2) is 5.78 Å². The summed E-state index contributed by atoms with van der Waals surface area (Å²) in [7, 11) is 0. The average molecular weight is 408 g/mol. The second kappa shape index (κ2) is 7.14. The third-order valence-corrected chi connectivity index (χ3v) is 6.29. The molecule has 0 N–H and O–H groups in total. The number of Topliss-reactive ketones (excluding diaryl/α,β-unsaturated/α-hetero) is 1. The van der Waals surface area contributed by atoms with Crippen LogP contribution in [-0.4, -0.2) is 11.7 Å². The lowest BCUT2D eigenvalue weighted by Crippen LogP contribution is -2.44. The molecule has 0 saturated carbocycles. The summed E-state index contributed by atoms with van der Waals surface area (Å²) in [6.45, 7) is 8.25. The molecule has 1 aliphatic heterocycles. The predicted octanol–water partition coefficient (Wildman–Crippen LogP) is 6.12. The van der Waals surface area contributed by atoms with Crippen molar-refractivity contribution >= 4 is 29.0 Å². The van der Waals surface area contributed by atoms with Crippen LogP contribution in [0.25, 0.3) is 0 Å². The van der Waals surface area contributed by atoms with Gasteiger partial charge in [-0.3, -0.25) is 14.5 Å². The Morgan fingerprint density at radius 1 is 1.00 bits per heavy atom. The minimum absolute atomic E-state index is 0.0385. The van der Waals surface area contributed by atoms with E-state index in [2.05, 4.69) is 13.8 Å². The van der Waals surface area contributed by atoms with Crippen LogP contribution in [-0.2, 0) is 9.59 Å². The lowest BCUT2D eigenvalue weighted by molar-refractivity contribution is -0.121. The number of allylic oxidation sites excluding steroid dienone is 2. The quantitative estimate of drug-likeness (QED) is 0.601. The van der Waals surface area contributed by atoms with Crippen LogP contribution >= 0.6 is 11.6 Å². The van der Waals surface area contributed by atoms with Gasteiger partial charge in [0.2, 0.25) is 5.91 Å². The summed E-state index contributed by atoms with van der Waals surface area (Å²) in [4.78, 5) is 28.7. The predicted molar refractivity (Wildman–Crippen MR) is 117 cm³/mol. The number of halogens is 1. The van der Waals surface area contributed by atoms with E-state index in [-0.39, 0.29) is 29.4 Å². The first-order valence-electron chi connectivity index (χ1n) is 10.1. The molecule has 0 fully saturated rings. The van der Waals surface area contributed by atoms with E-state index in [9.17, 15) is 9.59 Å². The van der Waals surface area contributed by atoms with Gasteiger partial charge in [0.1, 0.15) is 0 Å². The Hall–Kier alpha value is -2.39. The van der Waals surface area contributed by atoms with E-state index in [1.54, 1.807) is 0 Å². The number of amides is 1. The molecule has 4 rings (SSSR count). The summed E-state index contributed by atoms with van der Waals surface area (Å²) in [6.07, 6.45) is 1.47. The first kappa shape index (κ1) is 19.9. The van der Waals surface area contributed by atoms with Crippen molar-refractivity contribution in [2.45, 2.75) is 52.9 Å². The Morgan fingerprint density at radius 3 is 2.31 bits per heavy atom. The van der Waals surface area contributed by atoms with Crippen LogP contribution in [0.2, 0.25) is 5.02 Å². The molecule has 0 saturated heterocycles. The van der Waals surface area contributed by atoms with Gasteiger partial charge in [-0.05, 0) is 54.5 Å². The van der Waals surface area contributed by atoms with E-state index in [0.29, 0.717) is 17.9 Å². The number of para-hydroxylation sites is 1. The van der Waals surface area contributed by atoms with Crippen molar-refractivity contribution in [3.05, 3.63) is 75.4 Å². The van der Waals surface area contributed by atoms with E-state index >= 15 is 0 Å². The molecule has 3 nitrogen and oxygen atoms in total. The maximum absolute atomic E-state index is 13.5. The summed E-state index contributed by atoms with van der Waals surface area (Å²) in [5.41, 5.74) is 5.41. The molecule has 1 aliphatic carbocycles. The largest absolute Gasteiger partial charge is 0.294 e. The first-order chi connectivity index (χ1) is 13.7. The number of carbonyl (C=O) groups excluding carboxylic acids is 2. The van der Waals surface area contributed by atoms with Gasteiger partial charge in [-0.2, -0.15) is 0 Å². The number of rotatable bonds is 2. The lowest BCUT2D eigenvalue weighted by atomic mass is 9.69. The molecule has 150 valence electrons. The zero-order chi connectivity index (χ0) is 20.9. The fourth-order valence-electron chi connectivity index (χ4n) is 4.84. The van der Waals surface area contributed by atoms with Gasteiger partial charge in [0.25, 0.3) is 0 Å². The number of anilines is 1. The summed E-state index contributed by atoms with van der Waals surface area (Å²) in [6, 6.07) is 13.6. The van der Waals surface area contributed by atoms with Gasteiger partial charge in [0.05, 0.1) is 5.69 Å². The number of benzene rings is 2. The van der Waals surface area contributed by atoms with Gasteiger partial charge < -0.3 is 0 Å². The Balaban J connectivity index is 1.95. The van der Waals surface area contributed by atoms with E-state index < -0.39 is 0 Å². The number of nitrogens with zero attached hydrogens (tertiary/aromatic N) is 1. The Morgan fingerprint density at radius 2 is 1.66 bits per heavy atom. The Labute approximate surface area is 177 Å². The number of aryl methyl sites for hydroxylation is 2. The van der Waals surface area contributed by atoms with E-state index in [1.807, 2.05) is 61.2 Å². The van der Waals surface area contributed by atoms with E-state index in [4.69, 9.17) is 11.6 Å². The molecule has 0 radical (unpaired) electrons. The van der Waals surface area contributed by atoms with Crippen LogP contribution in [0.15, 0.2) is 53.7 Å². The van der Waals surface area contributed by atoms with Gasteiger partial charge in [-0.25, -0.2) is 0 Å². The van der Waals surface area contributed by atoms with Gasteiger partial charge in [-0.1, -0.05) is 55.8 Å². The van der Waals surface area contributed by atoms with Crippen molar-refractivity contribution in [3.63, 3.8) is 0 Å². The summed E-state index contributed by atoms with van der Waals surface area (Å²) >= 11 is 6.23. The van der Waals surface area contributed by atoms with Crippen molar-refractivity contribution < 1.29 is 9.59 Å². The zero-order valence-corrected chi connectivity index (χ0v) is 18.1. The molecule has 2 aromatic rings. The average Bonchev–Trinajstić information content (AvgIpc) is 2.61. The van der Waals surface area contributed by atoms with Crippen molar-refractivity contribution in [2.75, 3.05) is 4.90 Å². The minimum Gasteiger partial charge on any atom is -0.294 e. The van der Waals surface area contributed by atoms with Crippen molar-refractivity contribution in [1.29, 1.82) is 0 Å². The van der Waals surface area contributed by atoms with Crippen molar-refractivity contribution in [1.82, 2.24) is 0 Å². The third kappa shape index (κ3) is 3.53. The Bertz CT molecular complexity index is 1030. The van der Waals surface area contributed by atoms with Crippen LogP contribution < -0.4 is 4.90 Å². The molecule has 1 amide bonds. The zero-order valence-electron chi connectivity index (χ0n) is 17.4. The number of hydrogen-bond acceptors (Lipinski definition) is 2.